The maximum Gasteiger partial charge on any atom is 0.490 e. The Morgan fingerprint density at radius 2 is 1.48 bits per heavy atom. The molecule has 9 nitrogen and oxygen atoms in total. The number of carboxylic acids is 2. The van der Waals surface area contributed by atoms with Crippen molar-refractivity contribution in [2.45, 2.75) is 26.9 Å². The number of aliphatic carboxylic acids is 1. The Morgan fingerprint density at radius 1 is 0.886 bits per heavy atom. The van der Waals surface area contributed by atoms with Gasteiger partial charge in [0.1, 0.15) is 17.3 Å². The zero-order chi connectivity index (χ0) is 32.8. The highest BCUT2D eigenvalue weighted by atomic mass is 19.4. The molecular formula is C32H30F3N3O6. The molecule has 0 aliphatic rings. The van der Waals surface area contributed by atoms with Crippen molar-refractivity contribution in [2.24, 2.45) is 11.7 Å². The number of amides is 1. The van der Waals surface area contributed by atoms with Crippen LogP contribution in [0.25, 0.3) is 21.9 Å². The fraction of sp³-hybridized carbons (Fsp3) is 0.188. The summed E-state index contributed by atoms with van der Waals surface area (Å²) in [6.07, 6.45) is -5.08. The van der Waals surface area contributed by atoms with Gasteiger partial charge in [-0.1, -0.05) is 50.2 Å². The second-order valence-electron chi connectivity index (χ2n) is 10.2. The Balaban J connectivity index is 0.000000676. The Hall–Kier alpha value is -5.39. The highest BCUT2D eigenvalue weighted by Crippen LogP contribution is 2.37. The number of nitrogens with one attached hydrogen (secondary N) is 2. The number of nitrogen functional groups attached to an aromatic ring is 1. The van der Waals surface area contributed by atoms with E-state index in [1.165, 1.54) is 6.07 Å². The Labute approximate surface area is 250 Å². The molecule has 0 heterocycles. The van der Waals surface area contributed by atoms with Crippen LogP contribution in [0.5, 0.6) is 11.5 Å². The van der Waals surface area contributed by atoms with E-state index in [1.54, 1.807) is 18.2 Å². The van der Waals surface area contributed by atoms with Gasteiger partial charge in [0.05, 0.1) is 5.56 Å². The van der Waals surface area contributed by atoms with E-state index in [4.69, 9.17) is 25.8 Å². The number of aromatic carboxylic acids is 1. The summed E-state index contributed by atoms with van der Waals surface area (Å²) < 4.78 is 38.0. The smallest absolute Gasteiger partial charge is 0.478 e. The molecule has 0 aliphatic carbocycles. The molecule has 6 N–H and O–H groups in total. The van der Waals surface area contributed by atoms with E-state index in [1.807, 2.05) is 69.3 Å². The summed E-state index contributed by atoms with van der Waals surface area (Å²) >= 11 is 0. The van der Waals surface area contributed by atoms with Gasteiger partial charge in [-0.3, -0.25) is 10.2 Å². The number of carboxylic acid groups (broad SMARTS) is 2. The maximum atomic E-state index is 12.5. The van der Waals surface area contributed by atoms with Gasteiger partial charge in [-0.25, -0.2) is 9.59 Å². The largest absolute Gasteiger partial charge is 0.490 e. The van der Waals surface area contributed by atoms with Gasteiger partial charge in [-0.2, -0.15) is 13.2 Å². The predicted molar refractivity (Wildman–Crippen MR) is 159 cm³/mol. The highest BCUT2D eigenvalue weighted by Gasteiger charge is 2.38. The predicted octanol–water partition coefficient (Wildman–Crippen LogP) is 6.61. The molecule has 0 fully saturated rings. The molecule has 0 unspecified atom stereocenters. The molecule has 0 radical (unpaired) electrons. The number of alkyl halides is 3. The molecule has 0 atom stereocenters. The molecule has 4 aromatic carbocycles. The molecule has 0 bridgehead atoms. The van der Waals surface area contributed by atoms with E-state index < -0.39 is 18.1 Å². The van der Waals surface area contributed by atoms with Crippen LogP contribution in [0.1, 0.15) is 45.7 Å². The number of hydrogen-bond acceptors (Lipinski definition) is 5. The van der Waals surface area contributed by atoms with Crippen molar-refractivity contribution in [3.8, 4) is 22.6 Å². The molecule has 4 aromatic rings. The second kappa shape index (κ2) is 13.7. The van der Waals surface area contributed by atoms with Crippen molar-refractivity contribution < 1.29 is 42.5 Å². The molecule has 1 amide bonds. The fourth-order valence-electron chi connectivity index (χ4n) is 4.01. The van der Waals surface area contributed by atoms with Gasteiger partial charge in [0.15, 0.2) is 0 Å². The number of nitrogens with two attached hydrogens (primary N) is 1. The zero-order valence-corrected chi connectivity index (χ0v) is 24.0. The van der Waals surface area contributed by atoms with Crippen LogP contribution in [0.15, 0.2) is 72.8 Å². The third-order valence-electron chi connectivity index (χ3n) is 6.20. The first-order chi connectivity index (χ1) is 20.6. The lowest BCUT2D eigenvalue weighted by Gasteiger charge is -2.16. The van der Waals surface area contributed by atoms with E-state index >= 15 is 0 Å². The molecular weight excluding hydrogens is 579 g/mol. The number of aryl methyl sites for hydroxylation is 1. The molecule has 0 aromatic heterocycles. The van der Waals surface area contributed by atoms with E-state index in [0.717, 1.165) is 16.3 Å². The number of benzene rings is 4. The normalized spacial score (nSPS) is 11.0. The fourth-order valence-corrected chi connectivity index (χ4v) is 4.01. The molecule has 0 spiro atoms. The summed E-state index contributed by atoms with van der Waals surface area (Å²) in [7, 11) is 0. The number of amidine groups is 1. The van der Waals surface area contributed by atoms with Crippen molar-refractivity contribution >= 4 is 34.5 Å². The van der Waals surface area contributed by atoms with Gasteiger partial charge in [0.2, 0.25) is 0 Å². The molecule has 12 heteroatoms. The van der Waals surface area contributed by atoms with E-state index in [0.29, 0.717) is 34.7 Å². The Morgan fingerprint density at radius 3 is 2.07 bits per heavy atom. The first-order valence-electron chi connectivity index (χ1n) is 13.2. The molecule has 230 valence electrons. The van der Waals surface area contributed by atoms with Crippen molar-refractivity contribution in [3.63, 3.8) is 0 Å². The highest BCUT2D eigenvalue weighted by molar-refractivity contribution is 6.02. The summed E-state index contributed by atoms with van der Waals surface area (Å²) in [5.41, 5.74) is 8.56. The molecule has 0 saturated carbocycles. The molecule has 4 rings (SSSR count). The summed E-state index contributed by atoms with van der Waals surface area (Å²) in [5, 5.41) is 29.4. The number of fused-ring (bicyclic) bond motifs is 1. The minimum Gasteiger partial charge on any atom is -0.478 e. The average molecular weight is 610 g/mol. The van der Waals surface area contributed by atoms with Gasteiger partial charge >= 0.3 is 18.1 Å². The van der Waals surface area contributed by atoms with Crippen LogP contribution in [-0.2, 0) is 4.79 Å². The maximum absolute atomic E-state index is 12.5. The van der Waals surface area contributed by atoms with E-state index in [2.05, 4.69) is 5.32 Å². The van der Waals surface area contributed by atoms with Gasteiger partial charge in [0, 0.05) is 23.2 Å². The monoisotopic (exact) mass is 609 g/mol. The number of halogens is 3. The molecule has 0 saturated heterocycles. The summed E-state index contributed by atoms with van der Waals surface area (Å²) in [5.74, 6) is -2.84. The molecule has 0 aliphatic heterocycles. The first kappa shape index (κ1) is 33.1. The van der Waals surface area contributed by atoms with Crippen molar-refractivity contribution in [1.29, 1.82) is 5.41 Å². The Kier molecular flexibility index (Phi) is 10.3. The topological polar surface area (TPSA) is 163 Å². The Bertz CT molecular complexity index is 1730. The lowest BCUT2D eigenvalue weighted by Crippen LogP contribution is -2.27. The number of ether oxygens (including phenoxy) is 1. The number of carbonyl (C=O) groups is 3. The van der Waals surface area contributed by atoms with E-state index in [9.17, 15) is 27.9 Å². The minimum absolute atomic E-state index is 0.00397. The lowest BCUT2D eigenvalue weighted by atomic mass is 9.95. The van der Waals surface area contributed by atoms with Crippen LogP contribution in [0.4, 0.5) is 13.2 Å². The van der Waals surface area contributed by atoms with E-state index in [-0.39, 0.29) is 28.8 Å². The van der Waals surface area contributed by atoms with Crippen LogP contribution >= 0.6 is 0 Å². The minimum atomic E-state index is -5.08. The van der Waals surface area contributed by atoms with Crippen LogP contribution in [0, 0.1) is 18.3 Å². The average Bonchev–Trinajstić information content (AvgIpc) is 2.95. The third-order valence-corrected chi connectivity index (χ3v) is 6.20. The van der Waals surface area contributed by atoms with Crippen LogP contribution in [0.3, 0.4) is 0 Å². The van der Waals surface area contributed by atoms with Crippen LogP contribution in [-0.4, -0.2) is 46.6 Å². The summed E-state index contributed by atoms with van der Waals surface area (Å²) in [6, 6.07) is 21.3. The molecule has 44 heavy (non-hydrogen) atoms. The lowest BCUT2D eigenvalue weighted by molar-refractivity contribution is -0.192. The number of hydrogen-bond donors (Lipinski definition) is 5. The van der Waals surface area contributed by atoms with Crippen LogP contribution in [0.2, 0.25) is 0 Å². The second-order valence-corrected chi connectivity index (χ2v) is 10.2. The summed E-state index contributed by atoms with van der Waals surface area (Å²) in [4.78, 5) is 33.6. The number of carbonyl (C=O) groups excluding carboxylic acids is 1. The van der Waals surface area contributed by atoms with Gasteiger partial charge in [-0.15, -0.1) is 0 Å². The van der Waals surface area contributed by atoms with Crippen LogP contribution < -0.4 is 15.8 Å². The van der Waals surface area contributed by atoms with Crippen molar-refractivity contribution in [2.75, 3.05) is 6.54 Å². The third kappa shape index (κ3) is 8.57. The van der Waals surface area contributed by atoms with Gasteiger partial charge < -0.3 is 26.0 Å². The first-order valence-corrected chi connectivity index (χ1v) is 13.2. The standard InChI is InChI=1S/C30H29N3O4.C2HF3O2/c1-17(2)16-33-29(34)22-8-11-24(26(15-22)30(35)36)25-10-4-18(3)12-27(25)37-23-9-7-19-13-21(28(31)32)6-5-20(19)14-23;3-2(4,5)1(6)7/h4-15,17H,16H2,1-3H3,(H3,31,32)(H,33,34)(H,35,36);(H,6,7). The van der Waals surface area contributed by atoms with Crippen molar-refractivity contribution in [1.82, 2.24) is 5.32 Å². The summed E-state index contributed by atoms with van der Waals surface area (Å²) in [6.45, 7) is 6.41. The van der Waals surface area contributed by atoms with Gasteiger partial charge in [-0.05, 0) is 71.1 Å². The SMILES string of the molecule is Cc1ccc(-c2ccc(C(=O)NCC(C)C)cc2C(=O)O)c(Oc2ccc3cc(C(=N)N)ccc3c2)c1.O=C(O)C(F)(F)F. The van der Waals surface area contributed by atoms with Gasteiger partial charge in [0.25, 0.3) is 5.91 Å². The van der Waals surface area contributed by atoms with Crippen molar-refractivity contribution in [3.05, 3.63) is 95.1 Å². The quantitative estimate of drug-likeness (QED) is 0.111. The zero-order valence-electron chi connectivity index (χ0n) is 24.0. The number of rotatable bonds is 8.